The van der Waals surface area contributed by atoms with Crippen molar-refractivity contribution < 1.29 is 14.0 Å². The van der Waals surface area contributed by atoms with Crippen LogP contribution in [0.25, 0.3) is 0 Å². The third-order valence-corrected chi connectivity index (χ3v) is 8.07. The molecule has 174 valence electrons. The molecule has 0 aromatic heterocycles. The molecule has 2 aromatic rings. The van der Waals surface area contributed by atoms with Gasteiger partial charge in [-0.25, -0.2) is 4.39 Å². The Morgan fingerprint density at radius 3 is 2.30 bits per heavy atom. The van der Waals surface area contributed by atoms with E-state index >= 15 is 0 Å². The van der Waals surface area contributed by atoms with Gasteiger partial charge in [-0.1, -0.05) is 40.2 Å². The first-order valence-electron chi connectivity index (χ1n) is 11.8. The van der Waals surface area contributed by atoms with Gasteiger partial charge in [0.25, 0.3) is 0 Å². The highest BCUT2D eigenvalue weighted by Crippen LogP contribution is 2.48. The third-order valence-electron chi connectivity index (χ3n) is 7.54. The number of amides is 2. The molecule has 3 saturated heterocycles. The smallest absolute Gasteiger partial charge is 0.243 e. The van der Waals surface area contributed by atoms with Crippen molar-refractivity contribution in [3.05, 3.63) is 69.9 Å². The quantitative estimate of drug-likeness (QED) is 0.594. The Kier molecular flexibility index (Phi) is 6.27. The summed E-state index contributed by atoms with van der Waals surface area (Å²) in [6.07, 6.45) is 4.06. The van der Waals surface area contributed by atoms with Crippen molar-refractivity contribution in [2.24, 2.45) is 5.92 Å². The van der Waals surface area contributed by atoms with Crippen molar-refractivity contribution in [1.82, 2.24) is 15.5 Å². The number of carbonyl (C=O) groups excluding carboxylic acids is 2. The molecule has 2 amide bonds. The average Bonchev–Trinajstić information content (AvgIpc) is 3.63. The first-order valence-corrected chi connectivity index (χ1v) is 12.6. The Bertz CT molecular complexity index is 1010. The Morgan fingerprint density at radius 2 is 1.73 bits per heavy atom. The number of hydrogen-bond donors (Lipinski definition) is 2. The molecule has 33 heavy (non-hydrogen) atoms. The van der Waals surface area contributed by atoms with Gasteiger partial charge in [0.2, 0.25) is 11.8 Å². The fraction of sp³-hybridized carbons (Fsp3) is 0.462. The van der Waals surface area contributed by atoms with Crippen molar-refractivity contribution >= 4 is 27.7 Å². The number of nitrogens with one attached hydrogen (secondary N) is 2. The number of fused-ring (bicyclic) bond motifs is 3. The average molecular weight is 514 g/mol. The lowest BCUT2D eigenvalue weighted by atomic mass is 9.84. The maximum atomic E-state index is 13.4. The number of piperidine rings is 3. The van der Waals surface area contributed by atoms with Gasteiger partial charge in [-0.2, -0.15) is 0 Å². The van der Waals surface area contributed by atoms with E-state index in [1.165, 1.54) is 12.1 Å². The van der Waals surface area contributed by atoms with Gasteiger partial charge >= 0.3 is 0 Å². The predicted molar refractivity (Wildman–Crippen MR) is 128 cm³/mol. The molecular formula is C26H29BrFN3O2. The fourth-order valence-corrected chi connectivity index (χ4v) is 5.58. The van der Waals surface area contributed by atoms with Gasteiger partial charge in [0.1, 0.15) is 11.9 Å². The number of hydrogen-bond acceptors (Lipinski definition) is 3. The normalized spacial score (nSPS) is 25.8. The van der Waals surface area contributed by atoms with Crippen LogP contribution >= 0.6 is 15.9 Å². The fourth-order valence-electron chi connectivity index (χ4n) is 5.31. The van der Waals surface area contributed by atoms with Crippen LogP contribution in [0.15, 0.2) is 53.0 Å². The zero-order valence-electron chi connectivity index (χ0n) is 18.5. The predicted octanol–water partition coefficient (Wildman–Crippen LogP) is 3.56. The molecule has 4 aliphatic rings. The van der Waals surface area contributed by atoms with E-state index in [0.29, 0.717) is 25.2 Å². The Hall–Kier alpha value is -2.25. The van der Waals surface area contributed by atoms with E-state index in [-0.39, 0.29) is 23.7 Å². The van der Waals surface area contributed by atoms with E-state index in [4.69, 9.17) is 0 Å². The molecule has 1 saturated carbocycles. The summed E-state index contributed by atoms with van der Waals surface area (Å²) in [5, 5.41) is 6.31. The van der Waals surface area contributed by atoms with E-state index in [0.717, 1.165) is 48.1 Å². The number of rotatable bonds is 7. The van der Waals surface area contributed by atoms with Crippen LogP contribution in [0.2, 0.25) is 0 Å². The molecule has 5 nitrogen and oxygen atoms in total. The maximum absolute atomic E-state index is 13.4. The second-order valence-electron chi connectivity index (χ2n) is 9.70. The van der Waals surface area contributed by atoms with Gasteiger partial charge in [0.15, 0.2) is 0 Å². The van der Waals surface area contributed by atoms with E-state index in [1.54, 1.807) is 12.1 Å². The summed E-state index contributed by atoms with van der Waals surface area (Å²) >= 11 is 3.45. The molecule has 0 spiro atoms. The highest BCUT2D eigenvalue weighted by Gasteiger charge is 2.52. The summed E-state index contributed by atoms with van der Waals surface area (Å²) in [5.74, 6) is -0.0860. The molecule has 2 bridgehead atoms. The highest BCUT2D eigenvalue weighted by molar-refractivity contribution is 9.10. The molecule has 2 N–H and O–H groups in total. The monoisotopic (exact) mass is 513 g/mol. The van der Waals surface area contributed by atoms with Crippen LogP contribution < -0.4 is 10.6 Å². The number of benzene rings is 2. The molecule has 2 atom stereocenters. The summed E-state index contributed by atoms with van der Waals surface area (Å²) in [6, 6.07) is 13.4. The summed E-state index contributed by atoms with van der Waals surface area (Å²) in [5.41, 5.74) is 1.13. The van der Waals surface area contributed by atoms with Crippen molar-refractivity contribution in [3.8, 4) is 0 Å². The summed E-state index contributed by atoms with van der Waals surface area (Å²) in [4.78, 5) is 29.2. The van der Waals surface area contributed by atoms with Crippen LogP contribution in [0.5, 0.6) is 0 Å². The lowest BCUT2D eigenvalue weighted by molar-refractivity contribution is -0.131. The summed E-state index contributed by atoms with van der Waals surface area (Å²) in [6.45, 7) is 3.10. The van der Waals surface area contributed by atoms with Gasteiger partial charge in [-0.3, -0.25) is 9.59 Å². The zero-order valence-corrected chi connectivity index (χ0v) is 20.1. The van der Waals surface area contributed by atoms with E-state index < -0.39 is 11.5 Å². The Morgan fingerprint density at radius 1 is 1.06 bits per heavy atom. The molecule has 3 heterocycles. The van der Waals surface area contributed by atoms with Gasteiger partial charge in [-0.15, -0.1) is 0 Å². The third kappa shape index (κ3) is 4.85. The van der Waals surface area contributed by atoms with Crippen LogP contribution in [-0.4, -0.2) is 48.4 Å². The molecule has 3 aliphatic heterocycles. The molecule has 7 heteroatoms. The first kappa shape index (κ1) is 22.5. The SMILES string of the molecule is O=C(N[C@@H]1CN2CCC1CC2)[C@H](Cc1ccc(Br)cc1)NC(=O)C1(c2ccc(F)cc2)CC1. The summed E-state index contributed by atoms with van der Waals surface area (Å²) in [7, 11) is 0. The highest BCUT2D eigenvalue weighted by atomic mass is 79.9. The standard InChI is InChI=1S/C26H29BrFN3O2/c27-20-5-1-17(2-6-20)15-22(24(32)29-23-16-31-13-9-18(23)10-14-31)30-25(33)26(11-12-26)19-3-7-21(28)8-4-19/h1-8,18,22-23H,9-16H2,(H,29,32)(H,30,33)/t22-,23+/m0/s1. The van der Waals surface area contributed by atoms with Crippen molar-refractivity contribution in [2.45, 2.75) is 49.6 Å². The number of halogens is 2. The van der Waals surface area contributed by atoms with Crippen LogP contribution in [0.3, 0.4) is 0 Å². The second-order valence-corrected chi connectivity index (χ2v) is 10.6. The lowest BCUT2D eigenvalue weighted by Gasteiger charge is -2.45. The molecule has 0 radical (unpaired) electrons. The molecule has 0 unspecified atom stereocenters. The van der Waals surface area contributed by atoms with Gasteiger partial charge < -0.3 is 15.5 Å². The van der Waals surface area contributed by atoms with Crippen molar-refractivity contribution in [1.29, 1.82) is 0 Å². The molecular weight excluding hydrogens is 485 g/mol. The molecule has 1 aliphatic carbocycles. The van der Waals surface area contributed by atoms with Crippen LogP contribution in [0.4, 0.5) is 4.39 Å². The van der Waals surface area contributed by atoms with E-state index in [9.17, 15) is 14.0 Å². The minimum atomic E-state index is -0.665. The van der Waals surface area contributed by atoms with Crippen LogP contribution in [0.1, 0.15) is 36.8 Å². The van der Waals surface area contributed by atoms with Gasteiger partial charge in [-0.05, 0) is 80.1 Å². The molecule has 4 fully saturated rings. The van der Waals surface area contributed by atoms with Crippen LogP contribution in [-0.2, 0) is 21.4 Å². The molecule has 2 aromatic carbocycles. The van der Waals surface area contributed by atoms with E-state index in [2.05, 4.69) is 31.5 Å². The van der Waals surface area contributed by atoms with Gasteiger partial charge in [0, 0.05) is 23.5 Å². The van der Waals surface area contributed by atoms with E-state index in [1.807, 2.05) is 24.3 Å². The zero-order chi connectivity index (χ0) is 23.0. The minimum absolute atomic E-state index is 0.125. The lowest BCUT2D eigenvalue weighted by Crippen LogP contribution is -2.60. The minimum Gasteiger partial charge on any atom is -0.350 e. The second kappa shape index (κ2) is 9.18. The Balaban J connectivity index is 1.33. The first-order chi connectivity index (χ1) is 15.9. The largest absolute Gasteiger partial charge is 0.350 e. The van der Waals surface area contributed by atoms with Crippen molar-refractivity contribution in [3.63, 3.8) is 0 Å². The van der Waals surface area contributed by atoms with Crippen molar-refractivity contribution in [2.75, 3.05) is 19.6 Å². The topological polar surface area (TPSA) is 61.4 Å². The maximum Gasteiger partial charge on any atom is 0.243 e. The van der Waals surface area contributed by atoms with Crippen LogP contribution in [0, 0.1) is 11.7 Å². The van der Waals surface area contributed by atoms with Gasteiger partial charge in [0.05, 0.1) is 5.41 Å². The number of carbonyl (C=O) groups is 2. The summed E-state index contributed by atoms with van der Waals surface area (Å²) < 4.78 is 14.4. The molecule has 6 rings (SSSR count). The number of nitrogens with zero attached hydrogens (tertiary/aromatic N) is 1. The Labute approximate surface area is 202 Å².